The zero-order chi connectivity index (χ0) is 30.7. The van der Waals surface area contributed by atoms with Crippen LogP contribution >= 0.6 is 11.3 Å². The zero-order valence-electron chi connectivity index (χ0n) is 23.2. The van der Waals surface area contributed by atoms with Gasteiger partial charge in [-0.05, 0) is 48.5 Å². The highest BCUT2D eigenvalue weighted by atomic mass is 32.1. The van der Waals surface area contributed by atoms with Crippen molar-refractivity contribution in [2.75, 3.05) is 40.4 Å². The standard InChI is InChI=1S/C29H24F3N3O7S/c1-37-20-8-5-15(21-13-19(35-42-21)16-10-23(38-2)27(40-4)24(11-16)39-3)9-22(20)41-14-26(36)34-28-33-18-7-6-17(29(30,31)32)12-25(18)43-28/h5-13H,14H2,1-4H3,(H,33,34,36). The molecular formula is C29H24F3N3O7S. The SMILES string of the molecule is COc1ccc(-c2cc(-c3cc(OC)c(OC)c(OC)c3)no2)cc1OCC(=O)Nc1nc2ccc(C(F)(F)F)cc2s1. The predicted octanol–water partition coefficient (Wildman–Crippen LogP) is 6.69. The number of alkyl halides is 3. The lowest BCUT2D eigenvalue weighted by Crippen LogP contribution is -2.20. The molecule has 0 radical (unpaired) electrons. The molecule has 1 amide bonds. The molecule has 0 spiro atoms. The number of thiazole rings is 1. The van der Waals surface area contributed by atoms with E-state index in [1.54, 1.807) is 36.4 Å². The molecule has 5 aromatic rings. The van der Waals surface area contributed by atoms with Crippen molar-refractivity contribution in [2.24, 2.45) is 0 Å². The molecule has 0 aliphatic rings. The van der Waals surface area contributed by atoms with Gasteiger partial charge in [0.1, 0.15) is 5.69 Å². The van der Waals surface area contributed by atoms with Crippen LogP contribution < -0.4 is 29.0 Å². The number of anilines is 1. The summed E-state index contributed by atoms with van der Waals surface area (Å²) < 4.78 is 72.2. The summed E-state index contributed by atoms with van der Waals surface area (Å²) in [5, 5.41) is 6.87. The Balaban J connectivity index is 1.31. The third kappa shape index (κ3) is 6.28. The first kappa shape index (κ1) is 29.5. The summed E-state index contributed by atoms with van der Waals surface area (Å²) in [4.78, 5) is 16.8. The quantitative estimate of drug-likeness (QED) is 0.184. The smallest absolute Gasteiger partial charge is 0.416 e. The van der Waals surface area contributed by atoms with Crippen LogP contribution in [0.15, 0.2) is 59.1 Å². The molecule has 0 saturated carbocycles. The zero-order valence-corrected chi connectivity index (χ0v) is 24.0. The number of hydrogen-bond donors (Lipinski definition) is 1. The fraction of sp³-hybridized carbons (Fsp3) is 0.207. The van der Waals surface area contributed by atoms with Gasteiger partial charge in [0.25, 0.3) is 5.91 Å². The highest BCUT2D eigenvalue weighted by molar-refractivity contribution is 7.22. The van der Waals surface area contributed by atoms with Crippen molar-refractivity contribution in [3.05, 3.63) is 60.2 Å². The molecule has 0 saturated heterocycles. The summed E-state index contributed by atoms with van der Waals surface area (Å²) in [5.74, 6) is 1.81. The lowest BCUT2D eigenvalue weighted by molar-refractivity contribution is -0.137. The molecule has 2 heterocycles. The van der Waals surface area contributed by atoms with Crippen LogP contribution in [0.5, 0.6) is 28.7 Å². The summed E-state index contributed by atoms with van der Waals surface area (Å²) in [6.45, 7) is -0.420. The van der Waals surface area contributed by atoms with E-state index < -0.39 is 24.3 Å². The second-order valence-electron chi connectivity index (χ2n) is 8.89. The molecule has 5 rings (SSSR count). The highest BCUT2D eigenvalue weighted by Crippen LogP contribution is 2.42. The Morgan fingerprint density at radius 2 is 1.56 bits per heavy atom. The Morgan fingerprint density at radius 1 is 0.860 bits per heavy atom. The van der Waals surface area contributed by atoms with Gasteiger partial charge in [-0.25, -0.2) is 4.98 Å². The minimum atomic E-state index is -4.48. The van der Waals surface area contributed by atoms with Gasteiger partial charge in [-0.15, -0.1) is 0 Å². The van der Waals surface area contributed by atoms with E-state index in [0.717, 1.165) is 23.5 Å². The second-order valence-corrected chi connectivity index (χ2v) is 9.92. The fourth-order valence-corrected chi connectivity index (χ4v) is 5.09. The molecule has 3 aromatic carbocycles. The number of nitrogens with zero attached hydrogens (tertiary/aromatic N) is 2. The fourth-order valence-electron chi connectivity index (χ4n) is 4.17. The van der Waals surface area contributed by atoms with Crippen molar-refractivity contribution in [3.8, 4) is 51.3 Å². The summed E-state index contributed by atoms with van der Waals surface area (Å²) in [6, 6.07) is 13.4. The molecule has 0 atom stereocenters. The first-order valence-electron chi connectivity index (χ1n) is 12.5. The molecule has 0 bridgehead atoms. The number of methoxy groups -OCH3 is 4. The number of hydrogen-bond acceptors (Lipinski definition) is 10. The Morgan fingerprint density at radius 3 is 2.21 bits per heavy atom. The lowest BCUT2D eigenvalue weighted by Gasteiger charge is -2.13. The molecule has 0 aliphatic heterocycles. The second kappa shape index (κ2) is 12.1. The number of benzene rings is 3. The van der Waals surface area contributed by atoms with Crippen LogP contribution in [0.1, 0.15) is 5.56 Å². The molecule has 0 fully saturated rings. The molecule has 0 unspecified atom stereocenters. The van der Waals surface area contributed by atoms with Gasteiger partial charge in [0.2, 0.25) is 5.75 Å². The van der Waals surface area contributed by atoms with Crippen molar-refractivity contribution in [2.45, 2.75) is 6.18 Å². The first-order chi connectivity index (χ1) is 20.6. The van der Waals surface area contributed by atoms with Gasteiger partial charge in [0, 0.05) is 17.2 Å². The van der Waals surface area contributed by atoms with E-state index in [2.05, 4.69) is 15.5 Å². The van der Waals surface area contributed by atoms with Crippen LogP contribution in [0, 0.1) is 0 Å². The Hall–Kier alpha value is -4.98. The molecule has 10 nitrogen and oxygen atoms in total. The van der Waals surface area contributed by atoms with E-state index in [1.807, 2.05) is 0 Å². The van der Waals surface area contributed by atoms with Crippen LogP contribution in [-0.4, -0.2) is 51.1 Å². The molecule has 224 valence electrons. The van der Waals surface area contributed by atoms with Gasteiger partial charge in [-0.1, -0.05) is 16.5 Å². The number of fused-ring (bicyclic) bond motifs is 1. The molecule has 1 N–H and O–H groups in total. The van der Waals surface area contributed by atoms with Gasteiger partial charge >= 0.3 is 6.18 Å². The predicted molar refractivity (Wildman–Crippen MR) is 152 cm³/mol. The average molecular weight is 616 g/mol. The number of amides is 1. The van der Waals surface area contributed by atoms with E-state index in [4.69, 9.17) is 28.2 Å². The maximum absolute atomic E-state index is 13.0. The summed E-state index contributed by atoms with van der Waals surface area (Å²) in [7, 11) is 5.99. The molecule has 2 aromatic heterocycles. The molecule has 14 heteroatoms. The van der Waals surface area contributed by atoms with Crippen molar-refractivity contribution >= 4 is 32.6 Å². The van der Waals surface area contributed by atoms with Crippen molar-refractivity contribution < 1.29 is 46.2 Å². The van der Waals surface area contributed by atoms with Gasteiger partial charge in [-0.2, -0.15) is 13.2 Å². The third-order valence-corrected chi connectivity index (χ3v) is 7.17. The highest BCUT2D eigenvalue weighted by Gasteiger charge is 2.30. The Labute approximate surface area is 246 Å². The number of aromatic nitrogens is 2. The van der Waals surface area contributed by atoms with E-state index >= 15 is 0 Å². The van der Waals surface area contributed by atoms with E-state index in [9.17, 15) is 18.0 Å². The minimum Gasteiger partial charge on any atom is -0.493 e. The summed E-state index contributed by atoms with van der Waals surface area (Å²) in [5.41, 5.74) is 1.30. The maximum Gasteiger partial charge on any atom is 0.416 e. The number of halogens is 3. The number of carbonyl (C=O) groups is 1. The Bertz CT molecular complexity index is 1760. The maximum atomic E-state index is 13.0. The largest absolute Gasteiger partial charge is 0.493 e. The van der Waals surface area contributed by atoms with E-state index in [-0.39, 0.29) is 10.9 Å². The summed E-state index contributed by atoms with van der Waals surface area (Å²) >= 11 is 0.927. The number of nitrogens with one attached hydrogen (secondary N) is 1. The van der Waals surface area contributed by atoms with Gasteiger partial charge in [0.15, 0.2) is 40.5 Å². The monoisotopic (exact) mass is 615 g/mol. The summed E-state index contributed by atoms with van der Waals surface area (Å²) in [6.07, 6.45) is -4.48. The van der Waals surface area contributed by atoms with Crippen molar-refractivity contribution in [1.82, 2.24) is 10.1 Å². The lowest BCUT2D eigenvalue weighted by atomic mass is 10.1. The van der Waals surface area contributed by atoms with Crippen LogP contribution in [0.4, 0.5) is 18.3 Å². The van der Waals surface area contributed by atoms with E-state index in [0.29, 0.717) is 55.8 Å². The normalized spacial score (nSPS) is 11.3. The molecule has 0 aliphatic carbocycles. The first-order valence-corrected chi connectivity index (χ1v) is 13.3. The van der Waals surface area contributed by atoms with Crippen molar-refractivity contribution in [3.63, 3.8) is 0 Å². The van der Waals surface area contributed by atoms with Crippen LogP contribution in [0.3, 0.4) is 0 Å². The van der Waals surface area contributed by atoms with Gasteiger partial charge < -0.3 is 28.2 Å². The minimum absolute atomic E-state index is 0.143. The van der Waals surface area contributed by atoms with Gasteiger partial charge in [-0.3, -0.25) is 10.1 Å². The van der Waals surface area contributed by atoms with Crippen LogP contribution in [0.2, 0.25) is 0 Å². The third-order valence-electron chi connectivity index (χ3n) is 6.24. The number of ether oxygens (including phenoxy) is 5. The molecule has 43 heavy (non-hydrogen) atoms. The number of rotatable bonds is 10. The van der Waals surface area contributed by atoms with Crippen LogP contribution in [-0.2, 0) is 11.0 Å². The molecular weight excluding hydrogens is 591 g/mol. The van der Waals surface area contributed by atoms with Gasteiger partial charge in [0.05, 0.1) is 44.2 Å². The topological polar surface area (TPSA) is 114 Å². The van der Waals surface area contributed by atoms with E-state index in [1.165, 1.54) is 34.5 Å². The number of carbonyl (C=O) groups excluding carboxylic acids is 1. The van der Waals surface area contributed by atoms with Crippen LogP contribution in [0.25, 0.3) is 32.8 Å². The van der Waals surface area contributed by atoms with Crippen molar-refractivity contribution in [1.29, 1.82) is 0 Å². The average Bonchev–Trinajstić information content (AvgIpc) is 3.65. The Kier molecular flexibility index (Phi) is 8.30.